The summed E-state index contributed by atoms with van der Waals surface area (Å²) in [4.78, 5) is 9.92. The smallest absolute Gasteiger partial charge is 0.390 e. The van der Waals surface area contributed by atoms with Crippen molar-refractivity contribution < 1.29 is 37.5 Å². The first-order valence-electron chi connectivity index (χ1n) is 8.41. The third-order valence-electron chi connectivity index (χ3n) is 4.23. The molecule has 0 aromatic carbocycles. The first kappa shape index (κ1) is 20.2. The number of phosphoric acid groups is 1. The predicted octanol–water partition coefficient (Wildman–Crippen LogP) is 2.20. The van der Waals surface area contributed by atoms with Crippen LogP contribution < -0.4 is 0 Å². The van der Waals surface area contributed by atoms with Crippen molar-refractivity contribution in [2.75, 3.05) is 13.3 Å². The number of rotatable bonds is 8. The number of hydrogen-bond donors (Lipinski definition) is 2. The van der Waals surface area contributed by atoms with E-state index in [1.54, 1.807) is 0 Å². The molecule has 1 unspecified atom stereocenters. The van der Waals surface area contributed by atoms with Gasteiger partial charge in [-0.05, 0) is 19.3 Å². The van der Waals surface area contributed by atoms with Crippen LogP contribution in [0.3, 0.4) is 0 Å². The van der Waals surface area contributed by atoms with E-state index in [2.05, 4.69) is 0 Å². The third kappa shape index (κ3) is 5.73. The second-order valence-electron chi connectivity index (χ2n) is 7.01. The van der Waals surface area contributed by atoms with Gasteiger partial charge in [-0.2, -0.15) is 0 Å². The number of phosphoric ester groups is 1. The fourth-order valence-electron chi connectivity index (χ4n) is 3.14. The van der Waals surface area contributed by atoms with Crippen LogP contribution in [-0.4, -0.2) is 59.9 Å². The summed E-state index contributed by atoms with van der Waals surface area (Å²) in [6.45, 7) is 4.87. The Morgan fingerprint density at radius 1 is 1.29 bits per heavy atom. The number of ether oxygens (including phenoxy) is 2. The third-order valence-corrected chi connectivity index (χ3v) is 5.25. The molecule has 2 N–H and O–H groups in total. The molecule has 7 atom stereocenters. The lowest BCUT2D eigenvalue weighted by molar-refractivity contribution is -0.0308. The van der Waals surface area contributed by atoms with E-state index in [1.165, 1.54) is 0 Å². The van der Waals surface area contributed by atoms with Gasteiger partial charge in [0.25, 0.3) is 0 Å². The van der Waals surface area contributed by atoms with Crippen molar-refractivity contribution in [1.29, 1.82) is 0 Å². The lowest BCUT2D eigenvalue weighted by Crippen LogP contribution is -2.28. The van der Waals surface area contributed by atoms with Crippen LogP contribution in [-0.2, 0) is 23.1 Å². The van der Waals surface area contributed by atoms with Crippen molar-refractivity contribution in [2.24, 2.45) is 5.92 Å². The van der Waals surface area contributed by atoms with Crippen LogP contribution in [0.1, 0.15) is 40.0 Å². The summed E-state index contributed by atoms with van der Waals surface area (Å²) in [5, 5.41) is 9.77. The van der Waals surface area contributed by atoms with Crippen molar-refractivity contribution >= 4 is 7.82 Å². The lowest BCUT2D eigenvalue weighted by atomic mass is 10.0. The summed E-state index contributed by atoms with van der Waals surface area (Å²) < 4.78 is 46.2. The maximum Gasteiger partial charge on any atom is 0.472 e. The normalized spacial score (nSPS) is 39.5. The molecule has 2 aliphatic rings. The molecule has 142 valence electrons. The molecular formula is C15H28FO7P. The van der Waals surface area contributed by atoms with Gasteiger partial charge in [-0.15, -0.1) is 0 Å². The Morgan fingerprint density at radius 2 is 2.00 bits per heavy atom. The molecule has 7 nitrogen and oxygen atoms in total. The Balaban J connectivity index is 1.88. The number of halogens is 1. The van der Waals surface area contributed by atoms with Gasteiger partial charge in [0, 0.05) is 12.8 Å². The molecule has 0 saturated carbocycles. The van der Waals surface area contributed by atoms with E-state index >= 15 is 0 Å². The van der Waals surface area contributed by atoms with Crippen molar-refractivity contribution in [2.45, 2.75) is 76.7 Å². The molecule has 2 rings (SSSR count). The van der Waals surface area contributed by atoms with Crippen LogP contribution in [0.2, 0.25) is 0 Å². The van der Waals surface area contributed by atoms with Crippen molar-refractivity contribution in [3.63, 3.8) is 0 Å². The predicted molar refractivity (Wildman–Crippen MR) is 84.3 cm³/mol. The van der Waals surface area contributed by atoms with Crippen LogP contribution >= 0.6 is 7.82 Å². The Kier molecular flexibility index (Phi) is 7.20. The highest BCUT2D eigenvalue weighted by atomic mass is 31.2. The first-order valence-corrected chi connectivity index (χ1v) is 9.90. The quantitative estimate of drug-likeness (QED) is 0.633. The van der Waals surface area contributed by atoms with E-state index in [-0.39, 0.29) is 25.0 Å². The van der Waals surface area contributed by atoms with Crippen LogP contribution in [0.4, 0.5) is 4.39 Å². The van der Waals surface area contributed by atoms with E-state index in [4.69, 9.17) is 18.5 Å². The molecule has 0 amide bonds. The fourth-order valence-corrected chi connectivity index (χ4v) is 4.10. The summed E-state index contributed by atoms with van der Waals surface area (Å²) in [5.41, 5.74) is 0. The van der Waals surface area contributed by atoms with E-state index in [0.717, 1.165) is 0 Å². The average molecular weight is 370 g/mol. The Hall–Kier alpha value is -0.0800. The summed E-state index contributed by atoms with van der Waals surface area (Å²) in [5.74, 6) is 0.280. The topological polar surface area (TPSA) is 94.5 Å². The lowest BCUT2D eigenvalue weighted by Gasteiger charge is -2.23. The van der Waals surface area contributed by atoms with Gasteiger partial charge in [0.1, 0.15) is 12.8 Å². The van der Waals surface area contributed by atoms with Crippen LogP contribution in [0.5, 0.6) is 0 Å². The van der Waals surface area contributed by atoms with Gasteiger partial charge in [0.05, 0.1) is 37.1 Å². The molecule has 0 aromatic rings. The summed E-state index contributed by atoms with van der Waals surface area (Å²) in [6.07, 6.45) is -2.02. The average Bonchev–Trinajstić information content (AvgIpc) is 2.99. The van der Waals surface area contributed by atoms with E-state index in [1.807, 2.05) is 20.8 Å². The van der Waals surface area contributed by atoms with Gasteiger partial charge in [0.2, 0.25) is 0 Å². The summed E-state index contributed by atoms with van der Waals surface area (Å²) in [6, 6.07) is 0. The molecule has 2 saturated heterocycles. The van der Waals surface area contributed by atoms with Crippen molar-refractivity contribution in [3.8, 4) is 0 Å². The molecule has 0 spiro atoms. The fraction of sp³-hybridized carbons (Fsp3) is 1.00. The van der Waals surface area contributed by atoms with Gasteiger partial charge in [-0.25, -0.2) is 8.96 Å². The van der Waals surface area contributed by atoms with Gasteiger partial charge >= 0.3 is 7.82 Å². The standard InChI is InChI=1S/C15H28FO7P/c1-9(2)4-13-14(6-11(7-16)22-13)23-24(18,19)20-8-15-12(17)5-10(3)21-15/h9-15,17H,4-8H2,1-3H3,(H,18,19)/t10-,11+,12-,13+,14-,15+/m0/s1. The monoisotopic (exact) mass is 370 g/mol. The summed E-state index contributed by atoms with van der Waals surface area (Å²) >= 11 is 0. The zero-order valence-corrected chi connectivity index (χ0v) is 15.2. The number of aliphatic hydroxyl groups excluding tert-OH is 1. The number of hydrogen-bond acceptors (Lipinski definition) is 6. The van der Waals surface area contributed by atoms with Gasteiger partial charge in [0.15, 0.2) is 0 Å². The zero-order valence-electron chi connectivity index (χ0n) is 14.3. The molecule has 24 heavy (non-hydrogen) atoms. The molecule has 0 radical (unpaired) electrons. The molecule has 0 bridgehead atoms. The highest BCUT2D eigenvalue weighted by molar-refractivity contribution is 7.47. The van der Waals surface area contributed by atoms with Crippen LogP contribution in [0.15, 0.2) is 0 Å². The van der Waals surface area contributed by atoms with E-state index < -0.39 is 45.0 Å². The molecule has 2 aliphatic heterocycles. The van der Waals surface area contributed by atoms with E-state index in [0.29, 0.717) is 12.8 Å². The first-order chi connectivity index (χ1) is 11.2. The van der Waals surface area contributed by atoms with Gasteiger partial charge in [-0.1, -0.05) is 13.8 Å². The zero-order chi connectivity index (χ0) is 17.9. The number of aliphatic hydroxyl groups is 1. The molecule has 2 fully saturated rings. The second-order valence-corrected chi connectivity index (χ2v) is 8.42. The molecule has 0 aliphatic carbocycles. The maximum atomic E-state index is 12.9. The SMILES string of the molecule is CC(C)C[C@H]1O[C@@H](CF)C[C@@H]1OP(=O)(O)OC[C@H]1O[C@@H](C)C[C@@H]1O. The number of alkyl halides is 1. The minimum Gasteiger partial charge on any atom is -0.390 e. The van der Waals surface area contributed by atoms with Gasteiger partial charge in [-0.3, -0.25) is 9.05 Å². The molecular weight excluding hydrogens is 342 g/mol. The van der Waals surface area contributed by atoms with E-state index in [9.17, 15) is 19.0 Å². The van der Waals surface area contributed by atoms with Crippen LogP contribution in [0.25, 0.3) is 0 Å². The highest BCUT2D eigenvalue weighted by Gasteiger charge is 2.42. The highest BCUT2D eigenvalue weighted by Crippen LogP contribution is 2.48. The van der Waals surface area contributed by atoms with Gasteiger partial charge < -0.3 is 19.5 Å². The molecule has 0 aromatic heterocycles. The molecule has 9 heteroatoms. The summed E-state index contributed by atoms with van der Waals surface area (Å²) in [7, 11) is -4.35. The Bertz CT molecular complexity index is 450. The van der Waals surface area contributed by atoms with Crippen LogP contribution in [0, 0.1) is 5.92 Å². The largest absolute Gasteiger partial charge is 0.472 e. The Labute approximate surface area is 142 Å². The van der Waals surface area contributed by atoms with Crippen molar-refractivity contribution in [3.05, 3.63) is 0 Å². The second kappa shape index (κ2) is 8.54. The molecule has 2 heterocycles. The maximum absolute atomic E-state index is 12.9. The Morgan fingerprint density at radius 3 is 2.54 bits per heavy atom. The minimum atomic E-state index is -4.35. The minimum absolute atomic E-state index is 0.128. The van der Waals surface area contributed by atoms with Crippen molar-refractivity contribution in [1.82, 2.24) is 0 Å².